The number of hydrogen-bond acceptors (Lipinski definition) is 6. The summed E-state index contributed by atoms with van der Waals surface area (Å²) in [6.45, 7) is 9.33. The Hall–Kier alpha value is -2.21. The van der Waals surface area contributed by atoms with Gasteiger partial charge in [-0.3, -0.25) is 0 Å². The molecule has 6 nitrogen and oxygen atoms in total. The lowest BCUT2D eigenvalue weighted by atomic mass is 9.84. The number of nitrogens with zero attached hydrogens (tertiary/aromatic N) is 4. The van der Waals surface area contributed by atoms with Crippen molar-refractivity contribution < 1.29 is 4.74 Å². The van der Waals surface area contributed by atoms with Crippen LogP contribution in [0, 0.1) is 6.92 Å². The van der Waals surface area contributed by atoms with Crippen molar-refractivity contribution >= 4 is 11.9 Å². The molecule has 1 aromatic carbocycles. The quantitative estimate of drug-likeness (QED) is 0.927. The Balaban J connectivity index is 1.87. The number of benzene rings is 1. The molecule has 0 bridgehead atoms. The number of aryl methyl sites for hydroxylation is 1. The van der Waals surface area contributed by atoms with Crippen LogP contribution in [0.15, 0.2) is 24.3 Å². The Bertz CT molecular complexity index is 710. The zero-order valence-electron chi connectivity index (χ0n) is 14.6. The largest absolute Gasteiger partial charge is 0.378 e. The smallest absolute Gasteiger partial charge is 0.230 e. The summed E-state index contributed by atoms with van der Waals surface area (Å²) in [5.41, 5.74) is 8.26. The maximum atomic E-state index is 5.96. The van der Waals surface area contributed by atoms with E-state index in [9.17, 15) is 0 Å². The number of nitrogens with two attached hydrogens (primary N) is 1. The lowest BCUT2D eigenvalue weighted by Gasteiger charge is -2.29. The number of anilines is 2. The van der Waals surface area contributed by atoms with Gasteiger partial charge in [-0.1, -0.05) is 43.7 Å². The van der Waals surface area contributed by atoms with E-state index in [1.165, 1.54) is 11.1 Å². The highest BCUT2D eigenvalue weighted by Gasteiger charge is 2.27. The maximum absolute atomic E-state index is 5.96. The molecular weight excluding hydrogens is 302 g/mol. The van der Waals surface area contributed by atoms with Crippen molar-refractivity contribution in [1.82, 2.24) is 15.0 Å². The van der Waals surface area contributed by atoms with Crippen molar-refractivity contribution in [1.29, 1.82) is 0 Å². The molecule has 0 atom stereocenters. The molecule has 1 fully saturated rings. The fraction of sp³-hybridized carbons (Fsp3) is 0.500. The van der Waals surface area contributed by atoms with Crippen LogP contribution in [0.25, 0.3) is 0 Å². The van der Waals surface area contributed by atoms with Gasteiger partial charge < -0.3 is 15.4 Å². The lowest BCUT2D eigenvalue weighted by Crippen LogP contribution is -2.38. The van der Waals surface area contributed by atoms with Gasteiger partial charge in [-0.2, -0.15) is 15.0 Å². The van der Waals surface area contributed by atoms with E-state index in [1.807, 2.05) is 0 Å². The second kappa shape index (κ2) is 6.73. The molecule has 6 heteroatoms. The molecule has 2 aromatic rings. The molecule has 2 N–H and O–H groups in total. The van der Waals surface area contributed by atoms with Gasteiger partial charge in [-0.05, 0) is 18.9 Å². The molecule has 0 amide bonds. The first-order valence-corrected chi connectivity index (χ1v) is 8.34. The van der Waals surface area contributed by atoms with Crippen molar-refractivity contribution in [3.8, 4) is 0 Å². The normalized spacial score (nSPS) is 15.5. The summed E-state index contributed by atoms with van der Waals surface area (Å²) in [5, 5.41) is 0. The summed E-state index contributed by atoms with van der Waals surface area (Å²) in [7, 11) is 0. The molecule has 2 heterocycles. The summed E-state index contributed by atoms with van der Waals surface area (Å²) in [5.74, 6) is 1.66. The van der Waals surface area contributed by atoms with E-state index in [2.05, 4.69) is 59.9 Å². The molecule has 0 saturated carbocycles. The fourth-order valence-corrected chi connectivity index (χ4v) is 3.00. The SMILES string of the molecule is Cc1cccc(CC(C)(C)c2nc(N)nc(N3CCOCC3)n2)c1. The fourth-order valence-electron chi connectivity index (χ4n) is 3.00. The predicted octanol–water partition coefficient (Wildman–Crippen LogP) is 2.12. The zero-order chi connectivity index (χ0) is 17.2. The monoisotopic (exact) mass is 327 g/mol. The van der Waals surface area contributed by atoms with E-state index < -0.39 is 0 Å². The van der Waals surface area contributed by atoms with E-state index in [0.29, 0.717) is 19.2 Å². The number of morpholine rings is 1. The average molecular weight is 327 g/mol. The van der Waals surface area contributed by atoms with E-state index in [0.717, 1.165) is 25.3 Å². The van der Waals surface area contributed by atoms with E-state index in [-0.39, 0.29) is 11.4 Å². The summed E-state index contributed by atoms with van der Waals surface area (Å²) in [4.78, 5) is 15.6. The third kappa shape index (κ3) is 3.82. The summed E-state index contributed by atoms with van der Waals surface area (Å²) >= 11 is 0. The standard InChI is InChI=1S/C18H25N5O/c1-13-5-4-6-14(11-13)12-18(2,3)15-20-16(19)22-17(21-15)23-7-9-24-10-8-23/h4-6,11H,7-10,12H2,1-3H3,(H2,19,20,21,22). The number of rotatable bonds is 4. The first-order chi connectivity index (χ1) is 11.4. The van der Waals surface area contributed by atoms with Crippen LogP contribution in [0.4, 0.5) is 11.9 Å². The van der Waals surface area contributed by atoms with Crippen molar-refractivity contribution in [2.24, 2.45) is 0 Å². The van der Waals surface area contributed by atoms with Gasteiger partial charge in [0.1, 0.15) is 5.82 Å². The highest BCUT2D eigenvalue weighted by atomic mass is 16.5. The second-order valence-electron chi connectivity index (χ2n) is 6.97. The van der Waals surface area contributed by atoms with Gasteiger partial charge >= 0.3 is 0 Å². The lowest BCUT2D eigenvalue weighted by molar-refractivity contribution is 0.122. The third-order valence-electron chi connectivity index (χ3n) is 4.27. The molecule has 128 valence electrons. The molecule has 0 radical (unpaired) electrons. The summed E-state index contributed by atoms with van der Waals surface area (Å²) < 4.78 is 5.40. The van der Waals surface area contributed by atoms with E-state index in [1.54, 1.807) is 0 Å². The molecule has 24 heavy (non-hydrogen) atoms. The Morgan fingerprint density at radius 3 is 2.62 bits per heavy atom. The van der Waals surface area contributed by atoms with Crippen molar-refractivity contribution in [2.45, 2.75) is 32.6 Å². The van der Waals surface area contributed by atoms with Crippen LogP contribution in [0.2, 0.25) is 0 Å². The van der Waals surface area contributed by atoms with Gasteiger partial charge in [0.2, 0.25) is 11.9 Å². The van der Waals surface area contributed by atoms with Gasteiger partial charge in [-0.15, -0.1) is 0 Å². The van der Waals surface area contributed by atoms with Crippen molar-refractivity contribution in [2.75, 3.05) is 36.9 Å². The van der Waals surface area contributed by atoms with Crippen LogP contribution >= 0.6 is 0 Å². The van der Waals surface area contributed by atoms with Crippen LogP contribution in [0.3, 0.4) is 0 Å². The maximum Gasteiger partial charge on any atom is 0.230 e. The third-order valence-corrected chi connectivity index (χ3v) is 4.27. The number of nitrogen functional groups attached to an aromatic ring is 1. The van der Waals surface area contributed by atoms with Crippen LogP contribution in [-0.4, -0.2) is 41.3 Å². The minimum Gasteiger partial charge on any atom is -0.378 e. The van der Waals surface area contributed by atoms with Gasteiger partial charge in [0.25, 0.3) is 0 Å². The molecule has 3 rings (SSSR count). The molecule has 0 spiro atoms. The zero-order valence-corrected chi connectivity index (χ0v) is 14.6. The van der Waals surface area contributed by atoms with Crippen LogP contribution in [0.1, 0.15) is 30.8 Å². The highest BCUT2D eigenvalue weighted by molar-refractivity contribution is 5.37. The highest BCUT2D eigenvalue weighted by Crippen LogP contribution is 2.27. The Labute approximate surface area is 143 Å². The topological polar surface area (TPSA) is 77.2 Å². The molecule has 0 aliphatic carbocycles. The van der Waals surface area contributed by atoms with Gasteiger partial charge in [-0.25, -0.2) is 0 Å². The van der Waals surface area contributed by atoms with Crippen molar-refractivity contribution in [3.05, 3.63) is 41.2 Å². The minimum atomic E-state index is -0.230. The molecule has 0 unspecified atom stereocenters. The van der Waals surface area contributed by atoms with Gasteiger partial charge in [0.05, 0.1) is 13.2 Å². The number of aromatic nitrogens is 3. The predicted molar refractivity (Wildman–Crippen MR) is 95.2 cm³/mol. The van der Waals surface area contributed by atoms with Crippen LogP contribution in [0.5, 0.6) is 0 Å². The van der Waals surface area contributed by atoms with Crippen LogP contribution < -0.4 is 10.6 Å². The summed E-state index contributed by atoms with van der Waals surface area (Å²) in [6.07, 6.45) is 0.848. The van der Waals surface area contributed by atoms with Crippen LogP contribution in [-0.2, 0) is 16.6 Å². The van der Waals surface area contributed by atoms with Gasteiger partial charge in [0, 0.05) is 18.5 Å². The Kier molecular flexibility index (Phi) is 4.66. The molecule has 1 saturated heterocycles. The van der Waals surface area contributed by atoms with E-state index >= 15 is 0 Å². The number of hydrogen-bond donors (Lipinski definition) is 1. The summed E-state index contributed by atoms with van der Waals surface area (Å²) in [6, 6.07) is 8.53. The Morgan fingerprint density at radius 1 is 1.17 bits per heavy atom. The van der Waals surface area contributed by atoms with Gasteiger partial charge in [0.15, 0.2) is 0 Å². The van der Waals surface area contributed by atoms with Crippen molar-refractivity contribution in [3.63, 3.8) is 0 Å². The second-order valence-corrected chi connectivity index (χ2v) is 6.97. The first kappa shape index (κ1) is 16.6. The average Bonchev–Trinajstić information content (AvgIpc) is 2.55. The molecular formula is C18H25N5O. The molecule has 1 aliphatic heterocycles. The Morgan fingerprint density at radius 2 is 1.92 bits per heavy atom. The number of ether oxygens (including phenoxy) is 1. The first-order valence-electron chi connectivity index (χ1n) is 8.34. The molecule has 1 aliphatic rings. The molecule has 1 aromatic heterocycles. The minimum absolute atomic E-state index is 0.230. The van der Waals surface area contributed by atoms with E-state index in [4.69, 9.17) is 15.5 Å².